The van der Waals surface area contributed by atoms with Crippen molar-refractivity contribution in [1.29, 1.82) is 0 Å². The third kappa shape index (κ3) is 4.13. The lowest BCUT2D eigenvalue weighted by atomic mass is 10.1. The van der Waals surface area contributed by atoms with E-state index in [0.29, 0.717) is 22.9 Å². The van der Waals surface area contributed by atoms with Crippen molar-refractivity contribution in [3.05, 3.63) is 52.5 Å². The second-order valence-corrected chi connectivity index (χ2v) is 8.66. The monoisotopic (exact) mass is 421 g/mol. The van der Waals surface area contributed by atoms with Crippen molar-refractivity contribution in [2.75, 3.05) is 13.7 Å². The molecular weight excluding hydrogens is 402 g/mol. The number of nitrogens with zero attached hydrogens (tertiary/aromatic N) is 3. The van der Waals surface area contributed by atoms with Crippen LogP contribution in [0.3, 0.4) is 0 Å². The lowest BCUT2D eigenvalue weighted by Gasteiger charge is -2.21. The summed E-state index contributed by atoms with van der Waals surface area (Å²) >= 11 is 6.05. The Morgan fingerprint density at radius 1 is 1.29 bits per heavy atom. The van der Waals surface area contributed by atoms with Crippen molar-refractivity contribution in [2.24, 2.45) is 15.4 Å². The number of aromatic hydroxyl groups is 1. The van der Waals surface area contributed by atoms with Gasteiger partial charge in [0.15, 0.2) is 5.84 Å². The zero-order valence-electron chi connectivity index (χ0n) is 15.6. The van der Waals surface area contributed by atoms with Crippen LogP contribution in [0.5, 0.6) is 11.5 Å². The van der Waals surface area contributed by atoms with Crippen LogP contribution < -0.4 is 4.74 Å². The Morgan fingerprint density at radius 3 is 2.71 bits per heavy atom. The predicted octanol–water partition coefficient (Wildman–Crippen LogP) is 3.50. The molecule has 9 heteroatoms. The van der Waals surface area contributed by atoms with Gasteiger partial charge in [0.1, 0.15) is 16.4 Å². The van der Waals surface area contributed by atoms with E-state index in [-0.39, 0.29) is 22.4 Å². The van der Waals surface area contributed by atoms with E-state index in [9.17, 15) is 13.5 Å². The number of amidine groups is 1. The van der Waals surface area contributed by atoms with E-state index in [2.05, 4.69) is 9.50 Å². The first-order valence-corrected chi connectivity index (χ1v) is 10.4. The number of benzene rings is 2. The first kappa shape index (κ1) is 20.2. The number of ether oxygens (including phenoxy) is 1. The van der Waals surface area contributed by atoms with Crippen LogP contribution in [0.1, 0.15) is 25.0 Å². The molecule has 0 bridgehead atoms. The van der Waals surface area contributed by atoms with Crippen LogP contribution in [0, 0.1) is 5.92 Å². The fourth-order valence-electron chi connectivity index (χ4n) is 2.73. The molecule has 1 aliphatic rings. The molecule has 0 atom stereocenters. The fraction of sp³-hybridized carbons (Fsp3) is 0.263. The van der Waals surface area contributed by atoms with E-state index in [4.69, 9.17) is 16.3 Å². The minimum atomic E-state index is -3.88. The molecule has 0 spiro atoms. The van der Waals surface area contributed by atoms with Crippen molar-refractivity contribution in [3.8, 4) is 11.5 Å². The maximum atomic E-state index is 12.4. The van der Waals surface area contributed by atoms with Crippen LogP contribution in [-0.2, 0) is 10.0 Å². The van der Waals surface area contributed by atoms with Crippen molar-refractivity contribution in [1.82, 2.24) is 5.01 Å². The quantitative estimate of drug-likeness (QED) is 0.589. The van der Waals surface area contributed by atoms with Crippen LogP contribution in [-0.4, -0.2) is 44.2 Å². The molecule has 1 N–H and O–H groups in total. The fourth-order valence-corrected chi connectivity index (χ4v) is 4.15. The molecule has 1 heterocycles. The molecule has 0 aromatic heterocycles. The van der Waals surface area contributed by atoms with Crippen LogP contribution >= 0.6 is 11.6 Å². The van der Waals surface area contributed by atoms with Crippen molar-refractivity contribution in [2.45, 2.75) is 18.7 Å². The summed E-state index contributed by atoms with van der Waals surface area (Å²) in [5, 5.41) is 16.1. The zero-order valence-corrected chi connectivity index (χ0v) is 17.2. The molecule has 0 amide bonds. The maximum absolute atomic E-state index is 12.4. The predicted molar refractivity (Wildman–Crippen MR) is 109 cm³/mol. The number of methoxy groups -OCH3 is 1. The summed E-state index contributed by atoms with van der Waals surface area (Å²) in [6.45, 7) is 4.45. The number of hydrogen-bond donors (Lipinski definition) is 1. The molecule has 1 aliphatic heterocycles. The van der Waals surface area contributed by atoms with Gasteiger partial charge >= 0.3 is 0 Å². The van der Waals surface area contributed by atoms with E-state index in [1.807, 2.05) is 13.8 Å². The Balaban J connectivity index is 2.00. The standard InChI is InChI=1S/C19H20ClN3O4S/c1-12(2)11-23(21-10-13-4-7-16(20)17(8-13)27-3)19-15-6-5-14(24)9-18(15)28(25,26)22-19/h4-10,12,24H,11H2,1-3H3/b21-10+. The summed E-state index contributed by atoms with van der Waals surface area (Å²) in [6.07, 6.45) is 1.59. The summed E-state index contributed by atoms with van der Waals surface area (Å²) in [5.74, 6) is 0.804. The van der Waals surface area contributed by atoms with E-state index in [0.717, 1.165) is 5.56 Å². The largest absolute Gasteiger partial charge is 0.508 e. The Bertz CT molecular complexity index is 1060. The molecule has 3 rings (SSSR count). The molecule has 28 heavy (non-hydrogen) atoms. The van der Waals surface area contributed by atoms with E-state index in [1.54, 1.807) is 29.4 Å². The third-order valence-electron chi connectivity index (χ3n) is 3.99. The summed E-state index contributed by atoms with van der Waals surface area (Å²) in [4.78, 5) is -0.0281. The molecule has 2 aromatic rings. The molecule has 0 unspecified atom stereocenters. The van der Waals surface area contributed by atoms with E-state index >= 15 is 0 Å². The van der Waals surface area contributed by atoms with Crippen LogP contribution in [0.15, 0.2) is 50.8 Å². The summed E-state index contributed by atoms with van der Waals surface area (Å²) in [7, 11) is -2.36. The molecule has 7 nitrogen and oxygen atoms in total. The van der Waals surface area contributed by atoms with Crippen molar-refractivity contribution in [3.63, 3.8) is 0 Å². The summed E-state index contributed by atoms with van der Waals surface area (Å²) < 4.78 is 33.9. The number of sulfonamides is 1. The molecule has 0 saturated heterocycles. The van der Waals surface area contributed by atoms with Crippen molar-refractivity contribution < 1.29 is 18.3 Å². The van der Waals surface area contributed by atoms with Gasteiger partial charge in [-0.2, -0.15) is 13.5 Å². The first-order chi connectivity index (χ1) is 13.2. The number of halogens is 1. The highest BCUT2D eigenvalue weighted by Crippen LogP contribution is 2.31. The average molecular weight is 422 g/mol. The minimum absolute atomic E-state index is 0.0281. The number of hydrazone groups is 1. The highest BCUT2D eigenvalue weighted by molar-refractivity contribution is 7.90. The number of rotatable bonds is 5. The lowest BCUT2D eigenvalue weighted by molar-refractivity contribution is 0.385. The van der Waals surface area contributed by atoms with Crippen molar-refractivity contribution >= 4 is 33.7 Å². The first-order valence-electron chi connectivity index (χ1n) is 8.54. The molecular formula is C19H20ClN3O4S. The van der Waals surface area contributed by atoms with Crippen LogP contribution in [0.25, 0.3) is 0 Å². The second-order valence-electron chi connectivity index (χ2n) is 6.68. The highest BCUT2D eigenvalue weighted by atomic mass is 35.5. The van der Waals surface area contributed by atoms with E-state index < -0.39 is 10.0 Å². The molecule has 0 fully saturated rings. The number of phenolic OH excluding ortho intramolecular Hbond substituents is 1. The second kappa shape index (κ2) is 7.81. The summed E-state index contributed by atoms with van der Waals surface area (Å²) in [5.41, 5.74) is 1.15. The number of phenols is 1. The highest BCUT2D eigenvalue weighted by Gasteiger charge is 2.32. The van der Waals surface area contributed by atoms with Crippen LogP contribution in [0.4, 0.5) is 0 Å². The van der Waals surface area contributed by atoms with E-state index in [1.165, 1.54) is 25.3 Å². The van der Waals surface area contributed by atoms with Gasteiger partial charge in [-0.3, -0.25) is 0 Å². The maximum Gasteiger partial charge on any atom is 0.285 e. The molecule has 2 aromatic carbocycles. The minimum Gasteiger partial charge on any atom is -0.508 e. The van der Waals surface area contributed by atoms with Gasteiger partial charge in [-0.15, -0.1) is 4.40 Å². The normalized spacial score (nSPS) is 15.0. The SMILES string of the molecule is COc1cc(/C=N/N(CC(C)C)C2=NS(=O)(=O)c3cc(O)ccc32)ccc1Cl. The van der Waals surface area contributed by atoms with Gasteiger partial charge in [0.05, 0.1) is 18.3 Å². The Labute approximate surface area is 169 Å². The number of hydrogen-bond acceptors (Lipinski definition) is 6. The van der Waals surface area contributed by atoms with Gasteiger partial charge in [-0.05, 0) is 35.7 Å². The average Bonchev–Trinajstić information content (AvgIpc) is 2.90. The smallest absolute Gasteiger partial charge is 0.285 e. The Morgan fingerprint density at radius 2 is 2.04 bits per heavy atom. The van der Waals surface area contributed by atoms with Crippen LogP contribution in [0.2, 0.25) is 5.02 Å². The van der Waals surface area contributed by atoms with Gasteiger partial charge in [0.2, 0.25) is 0 Å². The Hall–Kier alpha value is -2.58. The van der Waals surface area contributed by atoms with Gasteiger partial charge in [-0.1, -0.05) is 31.5 Å². The molecule has 0 radical (unpaired) electrons. The number of fused-ring (bicyclic) bond motifs is 1. The molecule has 0 aliphatic carbocycles. The molecule has 148 valence electrons. The van der Waals surface area contributed by atoms with Gasteiger partial charge in [0.25, 0.3) is 10.0 Å². The molecule has 0 saturated carbocycles. The lowest BCUT2D eigenvalue weighted by Crippen LogP contribution is -2.29. The Kier molecular flexibility index (Phi) is 5.62. The topological polar surface area (TPSA) is 91.6 Å². The van der Waals surface area contributed by atoms with Gasteiger partial charge < -0.3 is 9.84 Å². The summed E-state index contributed by atoms with van der Waals surface area (Å²) in [6, 6.07) is 9.37. The zero-order chi connectivity index (χ0) is 20.5. The van der Waals surface area contributed by atoms with Gasteiger partial charge in [-0.25, -0.2) is 5.01 Å². The van der Waals surface area contributed by atoms with Gasteiger partial charge in [0, 0.05) is 18.2 Å². The third-order valence-corrected chi connectivity index (χ3v) is 5.61.